The Morgan fingerprint density at radius 1 is 0.321 bits per heavy atom. The molecular formula is C52H34N4. The number of hydrogen-bond acceptors (Lipinski definition) is 3. The molecule has 262 valence electrons. The number of rotatable bonds is 6. The van der Waals surface area contributed by atoms with E-state index < -0.39 is 0 Å². The van der Waals surface area contributed by atoms with E-state index in [1.807, 2.05) is 60.7 Å². The third-order valence-corrected chi connectivity index (χ3v) is 11.1. The average molecular weight is 715 g/mol. The Bertz CT molecular complexity index is 3030. The molecule has 0 saturated carbocycles. The molecule has 0 radical (unpaired) electrons. The molecule has 11 rings (SSSR count). The van der Waals surface area contributed by atoms with Crippen molar-refractivity contribution in [1.29, 1.82) is 0 Å². The molecule has 2 heterocycles. The van der Waals surface area contributed by atoms with E-state index in [9.17, 15) is 0 Å². The minimum Gasteiger partial charge on any atom is -0.309 e. The maximum atomic E-state index is 5.01. The van der Waals surface area contributed by atoms with E-state index in [1.165, 1.54) is 55.3 Å². The fourth-order valence-electron chi connectivity index (χ4n) is 8.31. The van der Waals surface area contributed by atoms with Crippen LogP contribution in [-0.4, -0.2) is 19.5 Å². The molecule has 2 aromatic heterocycles. The molecule has 1 aliphatic carbocycles. The molecule has 56 heavy (non-hydrogen) atoms. The number of aromatic nitrogens is 4. The van der Waals surface area contributed by atoms with Gasteiger partial charge in [-0.25, -0.2) is 15.0 Å². The van der Waals surface area contributed by atoms with Crippen molar-refractivity contribution in [3.63, 3.8) is 0 Å². The summed E-state index contributed by atoms with van der Waals surface area (Å²) in [6.07, 6.45) is 1.01. The molecule has 1 aliphatic rings. The lowest BCUT2D eigenvalue weighted by atomic mass is 9.96. The van der Waals surface area contributed by atoms with E-state index in [2.05, 4.69) is 138 Å². The molecule has 0 N–H and O–H groups in total. The second kappa shape index (κ2) is 13.2. The van der Waals surface area contributed by atoms with Gasteiger partial charge in [-0.05, 0) is 87.3 Å². The van der Waals surface area contributed by atoms with Crippen LogP contribution in [0.25, 0.3) is 95.0 Å². The van der Waals surface area contributed by atoms with Crippen LogP contribution in [0, 0.1) is 0 Å². The zero-order valence-electron chi connectivity index (χ0n) is 30.5. The van der Waals surface area contributed by atoms with Crippen molar-refractivity contribution in [1.82, 2.24) is 19.5 Å². The average Bonchev–Trinajstić information content (AvgIpc) is 3.82. The Hall–Kier alpha value is -7.43. The number of fused-ring (bicyclic) bond motifs is 6. The molecule has 0 saturated heterocycles. The van der Waals surface area contributed by atoms with Crippen molar-refractivity contribution < 1.29 is 0 Å². The molecule has 0 aliphatic heterocycles. The van der Waals surface area contributed by atoms with Crippen LogP contribution in [0.15, 0.2) is 194 Å². The SMILES string of the molecule is c1ccc(-c2nc(-c3ccccc3)nc(-c3cccc(-n4c5ccccc5c5cc(-c6ccc(-c7ccc8c(c7)-c7ccccc7C8)cc6)ccc54)c3)n2)cc1. The molecule has 0 spiro atoms. The summed E-state index contributed by atoms with van der Waals surface area (Å²) in [7, 11) is 0. The molecule has 0 fully saturated rings. The van der Waals surface area contributed by atoms with Crippen LogP contribution < -0.4 is 0 Å². The van der Waals surface area contributed by atoms with Gasteiger partial charge in [0.05, 0.1) is 11.0 Å². The fraction of sp³-hybridized carbons (Fsp3) is 0.0192. The van der Waals surface area contributed by atoms with Crippen molar-refractivity contribution >= 4 is 21.8 Å². The summed E-state index contributed by atoms with van der Waals surface area (Å²) in [5.41, 5.74) is 16.6. The molecule has 4 nitrogen and oxygen atoms in total. The first-order valence-electron chi connectivity index (χ1n) is 19.1. The lowest BCUT2D eigenvalue weighted by Crippen LogP contribution is -2.01. The third-order valence-electron chi connectivity index (χ3n) is 11.1. The quantitative estimate of drug-likeness (QED) is 0.172. The Kier molecular flexibility index (Phi) is 7.52. The number of para-hydroxylation sites is 1. The monoisotopic (exact) mass is 714 g/mol. The van der Waals surface area contributed by atoms with Crippen molar-refractivity contribution in [2.24, 2.45) is 0 Å². The van der Waals surface area contributed by atoms with Gasteiger partial charge in [-0.15, -0.1) is 0 Å². The highest BCUT2D eigenvalue weighted by molar-refractivity contribution is 6.10. The molecule has 0 bridgehead atoms. The summed E-state index contributed by atoms with van der Waals surface area (Å²) in [5.74, 6) is 1.93. The molecule has 0 amide bonds. The van der Waals surface area contributed by atoms with Gasteiger partial charge in [0.2, 0.25) is 0 Å². The van der Waals surface area contributed by atoms with E-state index in [4.69, 9.17) is 15.0 Å². The third kappa shape index (κ3) is 5.50. The first-order valence-corrected chi connectivity index (χ1v) is 19.1. The van der Waals surface area contributed by atoms with Crippen LogP contribution in [0.3, 0.4) is 0 Å². The van der Waals surface area contributed by atoms with Crippen LogP contribution in [0.2, 0.25) is 0 Å². The Morgan fingerprint density at radius 3 is 1.59 bits per heavy atom. The van der Waals surface area contributed by atoms with Gasteiger partial charge in [-0.2, -0.15) is 0 Å². The van der Waals surface area contributed by atoms with Gasteiger partial charge in [0.15, 0.2) is 17.5 Å². The van der Waals surface area contributed by atoms with Gasteiger partial charge in [-0.1, -0.05) is 158 Å². The van der Waals surface area contributed by atoms with E-state index >= 15 is 0 Å². The number of benzene rings is 8. The summed E-state index contributed by atoms with van der Waals surface area (Å²) in [4.78, 5) is 14.9. The normalized spacial score (nSPS) is 11.9. The second-order valence-electron chi connectivity index (χ2n) is 14.5. The van der Waals surface area contributed by atoms with Crippen LogP contribution in [0.4, 0.5) is 0 Å². The first kappa shape index (κ1) is 32.0. The van der Waals surface area contributed by atoms with Crippen molar-refractivity contribution in [3.05, 3.63) is 205 Å². The zero-order valence-corrected chi connectivity index (χ0v) is 30.5. The summed E-state index contributed by atoms with van der Waals surface area (Å²) in [5, 5.41) is 2.42. The largest absolute Gasteiger partial charge is 0.309 e. The summed E-state index contributed by atoms with van der Waals surface area (Å²) in [6, 6.07) is 69.0. The molecule has 8 aromatic carbocycles. The van der Waals surface area contributed by atoms with Gasteiger partial charge in [0.25, 0.3) is 0 Å². The first-order chi connectivity index (χ1) is 27.7. The fourth-order valence-corrected chi connectivity index (χ4v) is 8.31. The molecule has 10 aromatic rings. The lowest BCUT2D eigenvalue weighted by Gasteiger charge is -2.12. The smallest absolute Gasteiger partial charge is 0.164 e. The summed E-state index contributed by atoms with van der Waals surface area (Å²) < 4.78 is 2.35. The van der Waals surface area contributed by atoms with Crippen molar-refractivity contribution in [2.75, 3.05) is 0 Å². The predicted octanol–water partition coefficient (Wildman–Crippen LogP) is 12.9. The summed E-state index contributed by atoms with van der Waals surface area (Å²) in [6.45, 7) is 0. The van der Waals surface area contributed by atoms with Crippen LogP contribution in [-0.2, 0) is 6.42 Å². The molecule has 4 heteroatoms. The second-order valence-corrected chi connectivity index (χ2v) is 14.5. The predicted molar refractivity (Wildman–Crippen MR) is 230 cm³/mol. The zero-order chi connectivity index (χ0) is 37.0. The van der Waals surface area contributed by atoms with Crippen LogP contribution in [0.1, 0.15) is 11.1 Å². The number of nitrogens with zero attached hydrogens (tertiary/aromatic N) is 4. The maximum Gasteiger partial charge on any atom is 0.164 e. The van der Waals surface area contributed by atoms with E-state index in [0.29, 0.717) is 17.5 Å². The van der Waals surface area contributed by atoms with Gasteiger partial charge >= 0.3 is 0 Å². The Balaban J connectivity index is 0.973. The van der Waals surface area contributed by atoms with E-state index in [0.717, 1.165) is 39.8 Å². The number of hydrogen-bond donors (Lipinski definition) is 0. The van der Waals surface area contributed by atoms with Crippen molar-refractivity contribution in [3.8, 4) is 73.2 Å². The molecule has 0 atom stereocenters. The maximum absolute atomic E-state index is 5.01. The molecule has 0 unspecified atom stereocenters. The van der Waals surface area contributed by atoms with Crippen molar-refractivity contribution in [2.45, 2.75) is 6.42 Å². The Labute approximate surface area is 325 Å². The van der Waals surface area contributed by atoms with E-state index in [1.54, 1.807) is 0 Å². The van der Waals surface area contributed by atoms with Gasteiger partial charge in [-0.3, -0.25) is 0 Å². The Morgan fingerprint density at radius 2 is 0.857 bits per heavy atom. The highest BCUT2D eigenvalue weighted by Gasteiger charge is 2.19. The summed E-state index contributed by atoms with van der Waals surface area (Å²) >= 11 is 0. The van der Waals surface area contributed by atoms with Crippen LogP contribution >= 0.6 is 0 Å². The highest BCUT2D eigenvalue weighted by atomic mass is 15.0. The van der Waals surface area contributed by atoms with E-state index in [-0.39, 0.29) is 0 Å². The minimum atomic E-state index is 0.635. The van der Waals surface area contributed by atoms with Gasteiger partial charge in [0.1, 0.15) is 0 Å². The minimum absolute atomic E-state index is 0.635. The van der Waals surface area contributed by atoms with Crippen LogP contribution in [0.5, 0.6) is 0 Å². The molecular weight excluding hydrogens is 681 g/mol. The highest BCUT2D eigenvalue weighted by Crippen LogP contribution is 2.40. The van der Waals surface area contributed by atoms with Gasteiger partial charge < -0.3 is 4.57 Å². The lowest BCUT2D eigenvalue weighted by molar-refractivity contribution is 1.07. The van der Waals surface area contributed by atoms with Gasteiger partial charge in [0, 0.05) is 33.2 Å². The standard InChI is InChI=1S/C52H34N4/c1-3-12-36(13-4-1)50-53-51(37-14-5-2-6-15-37)55-52(54-50)42-17-11-18-43(31-42)56-48-21-10-9-20-45(48)47-33-39(28-29-49(47)56)35-24-22-34(23-25-35)38-26-27-41-30-40-16-7-8-19-44(40)46(41)32-38/h1-29,31-33H,30H2. The topological polar surface area (TPSA) is 43.6 Å².